The van der Waals surface area contributed by atoms with E-state index >= 15 is 0 Å². The summed E-state index contributed by atoms with van der Waals surface area (Å²) in [6, 6.07) is 3.16. The first-order valence-corrected chi connectivity index (χ1v) is 4.61. The van der Waals surface area contributed by atoms with Gasteiger partial charge in [-0.05, 0) is 24.5 Å². The van der Waals surface area contributed by atoms with E-state index in [1.165, 1.54) is 13.8 Å². The van der Waals surface area contributed by atoms with Crippen molar-refractivity contribution in [2.45, 2.75) is 26.2 Å². The summed E-state index contributed by atoms with van der Waals surface area (Å²) in [4.78, 5) is 0. The smallest absolute Gasteiger partial charge is 1.00 e. The molecule has 1 aliphatic rings. The summed E-state index contributed by atoms with van der Waals surface area (Å²) in [6.07, 6.45) is 0.263. The maximum Gasteiger partial charge on any atom is 1.00 e. The molecule has 1 unspecified atom stereocenters. The molecule has 84 valence electrons. The first-order valence-electron chi connectivity index (χ1n) is 4.61. The monoisotopic (exact) mass is 366 g/mol. The maximum atomic E-state index is 13.5. The number of benzene rings is 1. The van der Waals surface area contributed by atoms with Gasteiger partial charge in [-0.25, -0.2) is 13.2 Å². The third-order valence-corrected chi connectivity index (χ3v) is 2.90. The zero-order valence-electron chi connectivity index (χ0n) is 9.45. The Balaban J connectivity index is 0.00000112. The van der Waals surface area contributed by atoms with Crippen LogP contribution in [0.5, 0.6) is 0 Å². The Morgan fingerprint density at radius 1 is 1.31 bits per heavy atom. The quantitative estimate of drug-likeness (QED) is 0.350. The normalized spacial score (nSPS) is 20.7. The Hall–Kier alpha value is 1.38. The molecule has 0 nitrogen and oxygen atoms in total. The molecule has 0 saturated carbocycles. The standard InChI is InChI=1S/C11H11F3.HI.K/c1-6-3-4-8-5-7(2)11(13,14)9(8)10(6)12;;/h3-4,7H,5H2,1-2H3;1H;/q;;+1/p-1. The van der Waals surface area contributed by atoms with Crippen molar-refractivity contribution in [1.29, 1.82) is 0 Å². The zero-order chi connectivity index (χ0) is 10.5. The van der Waals surface area contributed by atoms with E-state index in [9.17, 15) is 13.2 Å². The van der Waals surface area contributed by atoms with E-state index in [1.807, 2.05) is 0 Å². The largest absolute Gasteiger partial charge is 1.00 e. The summed E-state index contributed by atoms with van der Waals surface area (Å²) in [5, 5.41) is 0. The Labute approximate surface area is 153 Å². The minimum atomic E-state index is -3.01. The summed E-state index contributed by atoms with van der Waals surface area (Å²) in [5.41, 5.74) is 0.355. The fourth-order valence-corrected chi connectivity index (χ4v) is 1.96. The number of rotatable bonds is 0. The summed E-state index contributed by atoms with van der Waals surface area (Å²) in [6.45, 7) is 2.96. The maximum absolute atomic E-state index is 13.5. The van der Waals surface area contributed by atoms with Crippen molar-refractivity contribution in [3.05, 3.63) is 34.6 Å². The van der Waals surface area contributed by atoms with Gasteiger partial charge in [0.25, 0.3) is 5.92 Å². The van der Waals surface area contributed by atoms with Gasteiger partial charge in [0.05, 0.1) is 5.56 Å². The van der Waals surface area contributed by atoms with Crippen LogP contribution in [0.15, 0.2) is 12.1 Å². The van der Waals surface area contributed by atoms with Gasteiger partial charge in [-0.2, -0.15) is 0 Å². The fourth-order valence-electron chi connectivity index (χ4n) is 1.96. The van der Waals surface area contributed by atoms with Crippen LogP contribution in [0.4, 0.5) is 13.2 Å². The van der Waals surface area contributed by atoms with Gasteiger partial charge in [-0.15, -0.1) is 0 Å². The molecule has 2 rings (SSSR count). The molecule has 1 aromatic carbocycles. The molecule has 0 aromatic heterocycles. The van der Waals surface area contributed by atoms with Gasteiger partial charge >= 0.3 is 51.4 Å². The topological polar surface area (TPSA) is 0 Å². The number of halogens is 4. The molecule has 0 spiro atoms. The van der Waals surface area contributed by atoms with E-state index in [2.05, 4.69) is 0 Å². The van der Waals surface area contributed by atoms with Crippen molar-refractivity contribution in [3.8, 4) is 0 Å². The minimum absolute atomic E-state index is 0. The van der Waals surface area contributed by atoms with E-state index in [-0.39, 0.29) is 92.9 Å². The van der Waals surface area contributed by atoms with E-state index in [0.717, 1.165) is 0 Å². The molecule has 16 heavy (non-hydrogen) atoms. The van der Waals surface area contributed by atoms with E-state index in [4.69, 9.17) is 0 Å². The zero-order valence-corrected chi connectivity index (χ0v) is 14.7. The first-order chi connectivity index (χ1) is 6.44. The van der Waals surface area contributed by atoms with Crippen LogP contribution in [-0.2, 0) is 12.3 Å². The number of alkyl halides is 2. The van der Waals surface area contributed by atoms with Crippen LogP contribution in [-0.4, -0.2) is 0 Å². The van der Waals surface area contributed by atoms with Crippen molar-refractivity contribution in [3.63, 3.8) is 0 Å². The molecule has 1 aromatic rings. The fraction of sp³-hybridized carbons (Fsp3) is 0.455. The second-order valence-electron chi connectivity index (χ2n) is 3.96. The van der Waals surface area contributed by atoms with Gasteiger partial charge in [0, 0.05) is 5.92 Å². The summed E-state index contributed by atoms with van der Waals surface area (Å²) < 4.78 is 40.6. The van der Waals surface area contributed by atoms with Crippen molar-refractivity contribution in [2.75, 3.05) is 0 Å². The molecular formula is C11H11F3IK. The third kappa shape index (κ3) is 2.69. The number of hydrogen-bond donors (Lipinski definition) is 0. The molecule has 0 N–H and O–H groups in total. The molecule has 1 aliphatic carbocycles. The van der Waals surface area contributed by atoms with Crippen LogP contribution in [0.2, 0.25) is 0 Å². The molecule has 1 atom stereocenters. The molecule has 0 aliphatic heterocycles. The molecule has 0 radical (unpaired) electrons. The predicted molar refractivity (Wildman–Crippen MR) is 47.9 cm³/mol. The average Bonchev–Trinajstić information content (AvgIpc) is 2.32. The Bertz CT molecular complexity index is 393. The number of fused-ring (bicyclic) bond motifs is 1. The van der Waals surface area contributed by atoms with Crippen LogP contribution < -0.4 is 75.4 Å². The van der Waals surface area contributed by atoms with Gasteiger partial charge in [0.1, 0.15) is 5.82 Å². The van der Waals surface area contributed by atoms with Gasteiger partial charge in [0.15, 0.2) is 0 Å². The Morgan fingerprint density at radius 3 is 2.44 bits per heavy atom. The first kappa shape index (κ1) is 17.4. The van der Waals surface area contributed by atoms with Crippen molar-refractivity contribution in [2.24, 2.45) is 5.92 Å². The summed E-state index contributed by atoms with van der Waals surface area (Å²) >= 11 is 0. The average molecular weight is 366 g/mol. The molecule has 0 amide bonds. The van der Waals surface area contributed by atoms with Crippen LogP contribution >= 0.6 is 0 Å². The van der Waals surface area contributed by atoms with Crippen molar-refractivity contribution >= 4 is 0 Å². The van der Waals surface area contributed by atoms with Crippen LogP contribution in [0.1, 0.15) is 23.6 Å². The Morgan fingerprint density at radius 2 is 1.88 bits per heavy atom. The summed E-state index contributed by atoms with van der Waals surface area (Å²) in [7, 11) is 0. The van der Waals surface area contributed by atoms with Crippen molar-refractivity contribution < 1.29 is 88.5 Å². The molecule has 5 heteroatoms. The SMILES string of the molecule is Cc1ccc2c(c1F)C(F)(F)C(C)C2.[I-].[K+]. The second-order valence-corrected chi connectivity index (χ2v) is 3.96. The molecule has 0 bridgehead atoms. The van der Waals surface area contributed by atoms with Crippen LogP contribution in [0.3, 0.4) is 0 Å². The van der Waals surface area contributed by atoms with Gasteiger partial charge in [-0.3, -0.25) is 0 Å². The molecule has 0 fully saturated rings. The molecule has 0 saturated heterocycles. The van der Waals surface area contributed by atoms with E-state index in [1.54, 1.807) is 12.1 Å². The Kier molecular flexibility index (Phi) is 6.53. The second kappa shape index (κ2) is 6.01. The van der Waals surface area contributed by atoms with Gasteiger partial charge in [-0.1, -0.05) is 19.1 Å². The van der Waals surface area contributed by atoms with Crippen LogP contribution in [0, 0.1) is 18.7 Å². The number of aryl methyl sites for hydroxylation is 1. The van der Waals surface area contributed by atoms with Crippen molar-refractivity contribution in [1.82, 2.24) is 0 Å². The molecule has 0 heterocycles. The van der Waals surface area contributed by atoms with Crippen LogP contribution in [0.25, 0.3) is 0 Å². The van der Waals surface area contributed by atoms with Gasteiger partial charge < -0.3 is 24.0 Å². The minimum Gasteiger partial charge on any atom is -1.00 e. The summed E-state index contributed by atoms with van der Waals surface area (Å²) in [5.74, 6) is -4.54. The predicted octanol–water partition coefficient (Wildman–Crippen LogP) is -2.57. The molecular weight excluding hydrogens is 355 g/mol. The van der Waals surface area contributed by atoms with Gasteiger partial charge in [0.2, 0.25) is 0 Å². The third-order valence-electron chi connectivity index (χ3n) is 2.90. The van der Waals surface area contributed by atoms with E-state index < -0.39 is 17.7 Å². The number of hydrogen-bond acceptors (Lipinski definition) is 0. The van der Waals surface area contributed by atoms with E-state index in [0.29, 0.717) is 5.56 Å².